The van der Waals surface area contributed by atoms with Gasteiger partial charge in [-0.15, -0.1) is 0 Å². The van der Waals surface area contributed by atoms with Crippen molar-refractivity contribution < 1.29 is 14.3 Å². The van der Waals surface area contributed by atoms with Crippen LogP contribution in [0.15, 0.2) is 53.6 Å². The fourth-order valence-electron chi connectivity index (χ4n) is 2.18. The number of nitrogens with zero attached hydrogens (tertiary/aromatic N) is 1. The van der Waals surface area contributed by atoms with Gasteiger partial charge in [-0.05, 0) is 54.8 Å². The number of nitrogens with one attached hydrogen (secondary N) is 1. The monoisotopic (exact) mass is 298 g/mol. The van der Waals surface area contributed by atoms with Crippen molar-refractivity contribution in [1.82, 2.24) is 0 Å². The highest BCUT2D eigenvalue weighted by atomic mass is 19.1. The van der Waals surface area contributed by atoms with E-state index in [0.29, 0.717) is 11.6 Å². The molecule has 22 heavy (non-hydrogen) atoms. The zero-order valence-corrected chi connectivity index (χ0v) is 11.8. The molecule has 1 aliphatic rings. The third-order valence-electron chi connectivity index (χ3n) is 3.54. The van der Waals surface area contributed by atoms with Crippen molar-refractivity contribution >= 4 is 17.4 Å². The van der Waals surface area contributed by atoms with Crippen LogP contribution < -0.4 is 5.43 Å². The molecule has 0 aliphatic heterocycles. The fourth-order valence-corrected chi connectivity index (χ4v) is 2.18. The lowest BCUT2D eigenvalue weighted by Gasteiger charge is -2.07. The molecular formula is C17H15FN2O2. The van der Waals surface area contributed by atoms with E-state index in [-0.39, 0.29) is 11.4 Å². The van der Waals surface area contributed by atoms with E-state index in [9.17, 15) is 9.18 Å². The van der Waals surface area contributed by atoms with Crippen LogP contribution in [0.1, 0.15) is 28.8 Å². The van der Waals surface area contributed by atoms with Gasteiger partial charge in [0, 0.05) is 5.92 Å². The van der Waals surface area contributed by atoms with E-state index in [4.69, 9.17) is 5.11 Å². The Morgan fingerprint density at radius 3 is 2.18 bits per heavy atom. The van der Waals surface area contributed by atoms with Gasteiger partial charge in [0.2, 0.25) is 0 Å². The smallest absolute Gasteiger partial charge is 0.335 e. The zero-order chi connectivity index (χ0) is 15.5. The third kappa shape index (κ3) is 3.31. The van der Waals surface area contributed by atoms with Gasteiger partial charge < -0.3 is 5.11 Å². The molecule has 0 bridgehead atoms. The van der Waals surface area contributed by atoms with Crippen LogP contribution in [0, 0.1) is 11.7 Å². The molecule has 2 aromatic rings. The SMILES string of the molecule is O=C(O)c1ccc(N/N=C(/c2ccc(F)cc2)C2CC2)cc1. The Morgan fingerprint density at radius 1 is 1.05 bits per heavy atom. The van der Waals surface area contributed by atoms with Crippen molar-refractivity contribution in [3.05, 3.63) is 65.5 Å². The van der Waals surface area contributed by atoms with Crippen LogP contribution in [0.25, 0.3) is 0 Å². The molecule has 0 amide bonds. The molecule has 0 saturated heterocycles. The summed E-state index contributed by atoms with van der Waals surface area (Å²) in [5.74, 6) is -0.826. The number of rotatable bonds is 5. The normalized spacial score (nSPS) is 14.7. The van der Waals surface area contributed by atoms with E-state index >= 15 is 0 Å². The minimum Gasteiger partial charge on any atom is -0.478 e. The van der Waals surface area contributed by atoms with Gasteiger partial charge in [-0.2, -0.15) is 5.10 Å². The molecule has 0 heterocycles. The Morgan fingerprint density at radius 2 is 1.64 bits per heavy atom. The second-order valence-electron chi connectivity index (χ2n) is 5.27. The molecule has 5 heteroatoms. The first kappa shape index (κ1) is 14.3. The zero-order valence-electron chi connectivity index (χ0n) is 11.8. The Bertz CT molecular complexity index is 704. The van der Waals surface area contributed by atoms with Gasteiger partial charge in [-0.3, -0.25) is 5.43 Å². The lowest BCUT2D eigenvalue weighted by atomic mass is 10.1. The summed E-state index contributed by atoms with van der Waals surface area (Å²) in [6.07, 6.45) is 2.16. The predicted octanol–water partition coefficient (Wildman–Crippen LogP) is 3.75. The molecule has 112 valence electrons. The summed E-state index contributed by atoms with van der Waals surface area (Å²) in [7, 11) is 0. The highest BCUT2D eigenvalue weighted by molar-refractivity contribution is 6.04. The fraction of sp³-hybridized carbons (Fsp3) is 0.176. The van der Waals surface area contributed by atoms with Gasteiger partial charge >= 0.3 is 5.97 Å². The molecule has 0 aromatic heterocycles. The molecule has 0 atom stereocenters. The van der Waals surface area contributed by atoms with E-state index in [2.05, 4.69) is 10.5 Å². The molecule has 1 aliphatic carbocycles. The third-order valence-corrected chi connectivity index (χ3v) is 3.54. The van der Waals surface area contributed by atoms with Crippen molar-refractivity contribution in [1.29, 1.82) is 0 Å². The van der Waals surface area contributed by atoms with Crippen molar-refractivity contribution in [2.24, 2.45) is 11.0 Å². The topological polar surface area (TPSA) is 61.7 Å². The lowest BCUT2D eigenvalue weighted by molar-refractivity contribution is 0.0697. The van der Waals surface area contributed by atoms with Crippen LogP contribution >= 0.6 is 0 Å². The van der Waals surface area contributed by atoms with Crippen LogP contribution in [-0.2, 0) is 0 Å². The molecular weight excluding hydrogens is 283 g/mol. The van der Waals surface area contributed by atoms with Crippen LogP contribution in [0.2, 0.25) is 0 Å². The Balaban J connectivity index is 1.78. The average Bonchev–Trinajstić information content (AvgIpc) is 3.34. The molecule has 2 N–H and O–H groups in total. The van der Waals surface area contributed by atoms with Crippen molar-refractivity contribution in [2.75, 3.05) is 5.43 Å². The number of carboxylic acids is 1. The van der Waals surface area contributed by atoms with Gasteiger partial charge in [0.25, 0.3) is 0 Å². The maximum absolute atomic E-state index is 13.0. The first-order chi connectivity index (χ1) is 10.6. The molecule has 1 fully saturated rings. The van der Waals surface area contributed by atoms with Gasteiger partial charge in [-0.25, -0.2) is 9.18 Å². The number of halogens is 1. The quantitative estimate of drug-likeness (QED) is 0.653. The molecule has 1 saturated carbocycles. The number of hydrazone groups is 1. The maximum atomic E-state index is 13.0. The largest absolute Gasteiger partial charge is 0.478 e. The number of anilines is 1. The Hall–Kier alpha value is -2.69. The van der Waals surface area contributed by atoms with E-state index < -0.39 is 5.97 Å². The number of carboxylic acid groups (broad SMARTS) is 1. The standard InChI is InChI=1S/C17H15FN2O2/c18-14-7-3-12(4-8-14)16(11-1-2-11)20-19-15-9-5-13(6-10-15)17(21)22/h3-11,19H,1-2H2,(H,21,22)/b20-16+. The van der Waals surface area contributed by atoms with E-state index in [0.717, 1.165) is 24.1 Å². The Kier molecular flexibility index (Phi) is 3.87. The summed E-state index contributed by atoms with van der Waals surface area (Å²) >= 11 is 0. The first-order valence-corrected chi connectivity index (χ1v) is 7.06. The minimum absolute atomic E-state index is 0.232. The number of aromatic carboxylic acids is 1. The summed E-state index contributed by atoms with van der Waals surface area (Å²) in [6.45, 7) is 0. The number of carbonyl (C=O) groups is 1. The van der Waals surface area contributed by atoms with E-state index in [1.807, 2.05) is 0 Å². The average molecular weight is 298 g/mol. The number of benzene rings is 2. The maximum Gasteiger partial charge on any atom is 0.335 e. The minimum atomic E-state index is -0.958. The summed E-state index contributed by atoms with van der Waals surface area (Å²) in [5.41, 5.74) is 5.70. The summed E-state index contributed by atoms with van der Waals surface area (Å²) in [4.78, 5) is 10.8. The summed E-state index contributed by atoms with van der Waals surface area (Å²) in [5, 5.41) is 13.3. The molecule has 2 aromatic carbocycles. The van der Waals surface area contributed by atoms with Crippen LogP contribution in [0.3, 0.4) is 0 Å². The highest BCUT2D eigenvalue weighted by Gasteiger charge is 2.28. The lowest BCUT2D eigenvalue weighted by Crippen LogP contribution is -2.07. The highest BCUT2D eigenvalue weighted by Crippen LogP contribution is 2.33. The Labute approximate surface area is 127 Å². The molecule has 0 unspecified atom stereocenters. The first-order valence-electron chi connectivity index (χ1n) is 7.06. The summed E-state index contributed by atoms with van der Waals surface area (Å²) in [6, 6.07) is 12.7. The van der Waals surface area contributed by atoms with Gasteiger partial charge in [-0.1, -0.05) is 12.1 Å². The van der Waals surface area contributed by atoms with E-state index in [1.54, 1.807) is 24.3 Å². The van der Waals surface area contributed by atoms with Crippen molar-refractivity contribution in [2.45, 2.75) is 12.8 Å². The van der Waals surface area contributed by atoms with Crippen LogP contribution in [0.4, 0.5) is 10.1 Å². The number of hydrogen-bond acceptors (Lipinski definition) is 3. The second kappa shape index (κ2) is 5.97. The van der Waals surface area contributed by atoms with Crippen LogP contribution in [-0.4, -0.2) is 16.8 Å². The number of hydrogen-bond donors (Lipinski definition) is 2. The molecule has 0 spiro atoms. The van der Waals surface area contributed by atoms with Crippen molar-refractivity contribution in [3.63, 3.8) is 0 Å². The van der Waals surface area contributed by atoms with Crippen LogP contribution in [0.5, 0.6) is 0 Å². The van der Waals surface area contributed by atoms with Gasteiger partial charge in [0.1, 0.15) is 5.82 Å². The van der Waals surface area contributed by atoms with Gasteiger partial charge in [0.05, 0.1) is 17.0 Å². The second-order valence-corrected chi connectivity index (χ2v) is 5.27. The van der Waals surface area contributed by atoms with E-state index in [1.165, 1.54) is 24.3 Å². The molecule has 0 radical (unpaired) electrons. The predicted molar refractivity (Wildman–Crippen MR) is 82.7 cm³/mol. The molecule has 4 nitrogen and oxygen atoms in total. The van der Waals surface area contributed by atoms with Gasteiger partial charge in [0.15, 0.2) is 0 Å². The molecule has 3 rings (SSSR count). The summed E-state index contributed by atoms with van der Waals surface area (Å²) < 4.78 is 13.0. The van der Waals surface area contributed by atoms with Crippen molar-refractivity contribution in [3.8, 4) is 0 Å².